The lowest BCUT2D eigenvalue weighted by Crippen LogP contribution is -2.07. The van der Waals surface area contributed by atoms with Crippen LogP contribution in [0.5, 0.6) is 0 Å². The molecule has 0 saturated carbocycles. The number of rotatable bonds is 0. The van der Waals surface area contributed by atoms with Crippen LogP contribution in [0.4, 0.5) is 0 Å². The van der Waals surface area contributed by atoms with Crippen LogP contribution >= 0.6 is 0 Å². The Morgan fingerprint density at radius 1 is 1.83 bits per heavy atom. The summed E-state index contributed by atoms with van der Waals surface area (Å²) in [4.78, 5) is 1.93. The molecule has 1 rings (SSSR count). The molecule has 2 nitrogen and oxygen atoms in total. The lowest BCUT2D eigenvalue weighted by Gasteiger charge is -2.00. The summed E-state index contributed by atoms with van der Waals surface area (Å²) in [7, 11) is 1.98. The monoisotopic (exact) mass is 82.1 g/mol. The number of hydrazone groups is 1. The Hall–Kier alpha value is -0.465. The van der Waals surface area contributed by atoms with Gasteiger partial charge in [-0.25, -0.2) is 5.10 Å². The molecule has 3 heteroatoms. The standard InChI is InChI=1S/C3H7BN2/c4-6-3-1-2-5-6/h2H,1,3-4H2. The van der Waals surface area contributed by atoms with Gasteiger partial charge in [0, 0.05) is 19.2 Å². The van der Waals surface area contributed by atoms with Crippen molar-refractivity contribution < 1.29 is 0 Å². The predicted octanol–water partition coefficient (Wildman–Crippen LogP) is -0.774. The van der Waals surface area contributed by atoms with E-state index in [9.17, 15) is 0 Å². The lowest BCUT2D eigenvalue weighted by atomic mass is 10.4. The summed E-state index contributed by atoms with van der Waals surface area (Å²) in [6.45, 7) is 1.10. The highest BCUT2D eigenvalue weighted by Gasteiger charge is 1.94. The van der Waals surface area contributed by atoms with Crippen molar-refractivity contribution in [2.75, 3.05) is 6.54 Å². The van der Waals surface area contributed by atoms with Crippen LogP contribution in [-0.2, 0) is 0 Å². The van der Waals surface area contributed by atoms with Crippen molar-refractivity contribution in [2.45, 2.75) is 6.42 Å². The third-order valence-electron chi connectivity index (χ3n) is 0.861. The average molecular weight is 81.9 g/mol. The molecule has 6 heavy (non-hydrogen) atoms. The van der Waals surface area contributed by atoms with E-state index in [-0.39, 0.29) is 0 Å². The minimum atomic E-state index is 1.10. The molecule has 0 aliphatic carbocycles. The molecule has 0 saturated heterocycles. The molecule has 0 amide bonds. The first-order valence-electron chi connectivity index (χ1n) is 2.13. The number of hydrogen-bond donors (Lipinski definition) is 0. The first kappa shape index (κ1) is 3.72. The fraction of sp³-hybridized carbons (Fsp3) is 0.667. The molecule has 0 radical (unpaired) electrons. The van der Waals surface area contributed by atoms with E-state index < -0.39 is 0 Å². The van der Waals surface area contributed by atoms with E-state index >= 15 is 0 Å². The quantitative estimate of drug-likeness (QED) is 0.350. The van der Waals surface area contributed by atoms with Gasteiger partial charge in [-0.3, -0.25) is 0 Å². The first-order valence-corrected chi connectivity index (χ1v) is 2.13. The Bertz CT molecular complexity index is 71.2. The zero-order valence-corrected chi connectivity index (χ0v) is 3.89. The van der Waals surface area contributed by atoms with Crippen LogP contribution in [0.15, 0.2) is 5.10 Å². The average Bonchev–Trinajstić information content (AvgIpc) is 1.86. The largest absolute Gasteiger partial charge is 0.349 e. The minimum absolute atomic E-state index is 1.10. The van der Waals surface area contributed by atoms with Gasteiger partial charge in [0.1, 0.15) is 0 Å². The van der Waals surface area contributed by atoms with E-state index in [1.165, 1.54) is 0 Å². The lowest BCUT2D eigenvalue weighted by molar-refractivity contribution is 0.534. The molecule has 0 aromatic heterocycles. The second-order valence-electron chi connectivity index (χ2n) is 1.47. The second kappa shape index (κ2) is 1.33. The van der Waals surface area contributed by atoms with Gasteiger partial charge < -0.3 is 4.92 Å². The fourth-order valence-corrected chi connectivity index (χ4v) is 0.499. The topological polar surface area (TPSA) is 15.6 Å². The molecular weight excluding hydrogens is 74.9 g/mol. The summed E-state index contributed by atoms with van der Waals surface area (Å²) in [6.07, 6.45) is 3.05. The molecule has 0 bridgehead atoms. The van der Waals surface area contributed by atoms with Gasteiger partial charge in [-0.15, -0.1) is 0 Å². The summed E-state index contributed by atoms with van der Waals surface area (Å²) < 4.78 is 0. The third-order valence-corrected chi connectivity index (χ3v) is 0.861. The van der Waals surface area contributed by atoms with E-state index in [0.717, 1.165) is 13.0 Å². The zero-order chi connectivity index (χ0) is 4.41. The van der Waals surface area contributed by atoms with Crippen LogP contribution in [0.2, 0.25) is 0 Å². The van der Waals surface area contributed by atoms with Gasteiger partial charge in [0.25, 0.3) is 0 Å². The van der Waals surface area contributed by atoms with Crippen molar-refractivity contribution in [2.24, 2.45) is 5.10 Å². The zero-order valence-electron chi connectivity index (χ0n) is 3.89. The van der Waals surface area contributed by atoms with Gasteiger partial charge in [0.15, 0.2) is 0 Å². The van der Waals surface area contributed by atoms with Crippen LogP contribution in [0.1, 0.15) is 6.42 Å². The first-order chi connectivity index (χ1) is 2.89. The number of nitrogens with zero attached hydrogens (tertiary/aromatic N) is 2. The molecule has 0 spiro atoms. The third kappa shape index (κ3) is 0.532. The summed E-state index contributed by atoms with van der Waals surface area (Å²) in [5, 5.41) is 3.94. The van der Waals surface area contributed by atoms with Crippen molar-refractivity contribution in [1.29, 1.82) is 0 Å². The maximum Gasteiger partial charge on any atom is 0.242 e. The maximum absolute atomic E-state index is 3.94. The molecule has 0 aromatic rings. The van der Waals surface area contributed by atoms with Crippen molar-refractivity contribution in [3.63, 3.8) is 0 Å². The molecule has 32 valence electrons. The summed E-state index contributed by atoms with van der Waals surface area (Å²) in [5.74, 6) is 0. The molecule has 0 N–H and O–H groups in total. The van der Waals surface area contributed by atoms with Crippen LogP contribution < -0.4 is 0 Å². The van der Waals surface area contributed by atoms with E-state index in [4.69, 9.17) is 0 Å². The van der Waals surface area contributed by atoms with Gasteiger partial charge in [-0.05, 0) is 0 Å². The fourth-order valence-electron chi connectivity index (χ4n) is 0.499. The SMILES string of the molecule is BN1CCC=N1. The van der Waals surface area contributed by atoms with E-state index in [0.29, 0.717) is 0 Å². The highest BCUT2D eigenvalue weighted by atomic mass is 15.4. The number of hydrogen-bond acceptors (Lipinski definition) is 2. The Morgan fingerprint density at radius 3 is 2.83 bits per heavy atom. The Morgan fingerprint density at radius 2 is 2.67 bits per heavy atom. The van der Waals surface area contributed by atoms with Gasteiger partial charge in [-0.1, -0.05) is 0 Å². The van der Waals surface area contributed by atoms with Gasteiger partial charge in [0.2, 0.25) is 7.98 Å². The Labute approximate surface area is 38.3 Å². The van der Waals surface area contributed by atoms with Crippen molar-refractivity contribution in [3.8, 4) is 0 Å². The second-order valence-corrected chi connectivity index (χ2v) is 1.47. The van der Waals surface area contributed by atoms with Crippen molar-refractivity contribution in [1.82, 2.24) is 4.92 Å². The van der Waals surface area contributed by atoms with E-state index in [1.54, 1.807) is 0 Å². The van der Waals surface area contributed by atoms with E-state index in [1.807, 2.05) is 19.1 Å². The maximum atomic E-state index is 3.94. The van der Waals surface area contributed by atoms with Crippen LogP contribution in [0.3, 0.4) is 0 Å². The minimum Gasteiger partial charge on any atom is -0.349 e. The van der Waals surface area contributed by atoms with Gasteiger partial charge in [0.05, 0.1) is 0 Å². The predicted molar refractivity (Wildman–Crippen MR) is 28.4 cm³/mol. The molecule has 1 aliphatic rings. The Kier molecular flexibility index (Phi) is 0.822. The normalized spacial score (nSPS) is 19.7. The van der Waals surface area contributed by atoms with Crippen molar-refractivity contribution >= 4 is 14.2 Å². The van der Waals surface area contributed by atoms with E-state index in [2.05, 4.69) is 5.10 Å². The van der Waals surface area contributed by atoms with Crippen molar-refractivity contribution in [3.05, 3.63) is 0 Å². The molecule has 0 unspecified atom stereocenters. The van der Waals surface area contributed by atoms with Crippen LogP contribution in [-0.4, -0.2) is 25.7 Å². The molecule has 1 heterocycles. The Balaban J connectivity index is 2.38. The highest BCUT2D eigenvalue weighted by molar-refractivity contribution is 6.04. The van der Waals surface area contributed by atoms with Gasteiger partial charge >= 0.3 is 0 Å². The van der Waals surface area contributed by atoms with Crippen LogP contribution in [0, 0.1) is 0 Å². The molecule has 0 atom stereocenters. The smallest absolute Gasteiger partial charge is 0.242 e. The summed E-state index contributed by atoms with van der Waals surface area (Å²) in [5.41, 5.74) is 0. The molecule has 0 fully saturated rings. The highest BCUT2D eigenvalue weighted by Crippen LogP contribution is 1.90. The molecule has 0 aromatic carbocycles. The molecular formula is C3H7BN2. The summed E-state index contributed by atoms with van der Waals surface area (Å²) in [6, 6.07) is 0. The summed E-state index contributed by atoms with van der Waals surface area (Å²) >= 11 is 0. The van der Waals surface area contributed by atoms with Gasteiger partial charge in [-0.2, -0.15) is 0 Å². The molecule has 1 aliphatic heterocycles. The van der Waals surface area contributed by atoms with Crippen LogP contribution in [0.25, 0.3) is 0 Å².